The second-order valence-electron chi connectivity index (χ2n) is 4.85. The molecule has 2 aromatic rings. The highest BCUT2D eigenvalue weighted by atomic mass is 19.1. The molecular weight excluding hydrogens is 217 g/mol. The number of benzene rings is 1. The largest absolute Gasteiger partial charge is 0.306 e. The zero-order valence-electron chi connectivity index (χ0n) is 9.93. The van der Waals surface area contributed by atoms with E-state index in [-0.39, 0.29) is 5.82 Å². The summed E-state index contributed by atoms with van der Waals surface area (Å²) in [7, 11) is 2.14. The molecule has 3 rings (SSSR count). The number of halogens is 1. The Morgan fingerprint density at radius 2 is 2.06 bits per heavy atom. The Morgan fingerprint density at radius 1 is 1.29 bits per heavy atom. The molecule has 0 aliphatic carbocycles. The van der Waals surface area contributed by atoms with Crippen molar-refractivity contribution in [1.29, 1.82) is 0 Å². The van der Waals surface area contributed by atoms with Gasteiger partial charge in [0.25, 0.3) is 0 Å². The van der Waals surface area contributed by atoms with Crippen LogP contribution < -0.4 is 0 Å². The first-order valence-corrected chi connectivity index (χ1v) is 6.05. The van der Waals surface area contributed by atoms with Gasteiger partial charge in [0.1, 0.15) is 5.82 Å². The third-order valence-electron chi connectivity index (χ3n) is 3.55. The lowest BCUT2D eigenvalue weighted by atomic mass is 10.1. The highest BCUT2D eigenvalue weighted by Gasteiger charge is 2.19. The third-order valence-corrected chi connectivity index (χ3v) is 3.55. The van der Waals surface area contributed by atoms with Gasteiger partial charge in [-0.3, -0.25) is 4.68 Å². The van der Waals surface area contributed by atoms with E-state index < -0.39 is 0 Å². The predicted molar refractivity (Wildman–Crippen MR) is 65.5 cm³/mol. The van der Waals surface area contributed by atoms with Crippen molar-refractivity contribution in [3.05, 3.63) is 30.2 Å². The summed E-state index contributed by atoms with van der Waals surface area (Å²) in [6.45, 7) is 2.21. The van der Waals surface area contributed by atoms with E-state index in [0.717, 1.165) is 36.8 Å². The fourth-order valence-corrected chi connectivity index (χ4v) is 2.46. The lowest BCUT2D eigenvalue weighted by molar-refractivity contribution is 0.213. The second-order valence-corrected chi connectivity index (χ2v) is 4.85. The summed E-state index contributed by atoms with van der Waals surface area (Å²) < 4.78 is 15.1. The molecule has 0 saturated carbocycles. The maximum atomic E-state index is 13.1. The van der Waals surface area contributed by atoms with E-state index in [1.165, 1.54) is 6.07 Å². The zero-order chi connectivity index (χ0) is 11.8. The van der Waals surface area contributed by atoms with Gasteiger partial charge in [-0.25, -0.2) is 4.39 Å². The molecule has 1 aromatic heterocycles. The van der Waals surface area contributed by atoms with Crippen molar-refractivity contribution in [1.82, 2.24) is 14.7 Å². The Morgan fingerprint density at radius 3 is 2.82 bits per heavy atom. The Balaban J connectivity index is 1.90. The quantitative estimate of drug-likeness (QED) is 0.754. The van der Waals surface area contributed by atoms with Crippen LogP contribution in [0.2, 0.25) is 0 Å². The minimum absolute atomic E-state index is 0.194. The lowest BCUT2D eigenvalue weighted by Gasteiger charge is -2.28. The molecule has 1 saturated heterocycles. The molecule has 0 amide bonds. The van der Waals surface area contributed by atoms with E-state index >= 15 is 0 Å². The van der Waals surface area contributed by atoms with Crippen LogP contribution in [0.15, 0.2) is 24.4 Å². The van der Waals surface area contributed by atoms with Crippen LogP contribution in [-0.4, -0.2) is 34.8 Å². The first-order chi connectivity index (χ1) is 8.22. The zero-order valence-corrected chi connectivity index (χ0v) is 9.93. The molecule has 1 fully saturated rings. The van der Waals surface area contributed by atoms with Gasteiger partial charge in [0.05, 0.1) is 11.6 Å². The maximum absolute atomic E-state index is 13.1. The van der Waals surface area contributed by atoms with Gasteiger partial charge in [0.15, 0.2) is 0 Å². The van der Waals surface area contributed by atoms with E-state index in [1.54, 1.807) is 12.1 Å². The van der Waals surface area contributed by atoms with E-state index in [4.69, 9.17) is 0 Å². The SMILES string of the molecule is CN1CCC(n2cc3cc(F)ccc3n2)CC1. The number of likely N-dealkylation sites (tertiary alicyclic amines) is 1. The van der Waals surface area contributed by atoms with Crippen LogP contribution in [0.3, 0.4) is 0 Å². The van der Waals surface area contributed by atoms with Gasteiger partial charge in [-0.05, 0) is 51.2 Å². The molecule has 0 spiro atoms. The number of aromatic nitrogens is 2. The van der Waals surface area contributed by atoms with Crippen molar-refractivity contribution >= 4 is 10.9 Å². The van der Waals surface area contributed by atoms with Gasteiger partial charge in [-0.2, -0.15) is 5.10 Å². The molecule has 90 valence electrons. The van der Waals surface area contributed by atoms with E-state index in [9.17, 15) is 4.39 Å². The highest BCUT2D eigenvalue weighted by molar-refractivity contribution is 5.77. The Kier molecular flexibility index (Phi) is 2.59. The molecule has 0 radical (unpaired) electrons. The summed E-state index contributed by atoms with van der Waals surface area (Å²) in [6, 6.07) is 5.22. The summed E-state index contributed by atoms with van der Waals surface area (Å²) in [5.41, 5.74) is 0.880. The molecule has 0 N–H and O–H groups in total. The van der Waals surface area contributed by atoms with Gasteiger partial charge >= 0.3 is 0 Å². The third kappa shape index (κ3) is 2.05. The Labute approximate surface area is 99.8 Å². The van der Waals surface area contributed by atoms with Gasteiger partial charge in [0.2, 0.25) is 0 Å². The number of rotatable bonds is 1. The van der Waals surface area contributed by atoms with Gasteiger partial charge in [-0.15, -0.1) is 0 Å². The monoisotopic (exact) mass is 233 g/mol. The molecule has 3 nitrogen and oxygen atoms in total. The molecule has 2 heterocycles. The number of piperidine rings is 1. The molecule has 1 aliphatic rings. The number of hydrogen-bond donors (Lipinski definition) is 0. The normalized spacial score (nSPS) is 18.9. The van der Waals surface area contributed by atoms with Crippen molar-refractivity contribution in [3.8, 4) is 0 Å². The topological polar surface area (TPSA) is 21.1 Å². The standard InChI is InChI=1S/C13H16FN3/c1-16-6-4-12(5-7-16)17-9-10-8-11(14)2-3-13(10)15-17/h2-3,8-9,12H,4-7H2,1H3. The lowest BCUT2D eigenvalue weighted by Crippen LogP contribution is -2.31. The predicted octanol–water partition coefficient (Wildman–Crippen LogP) is 2.44. The summed E-state index contributed by atoms with van der Waals surface area (Å²) >= 11 is 0. The summed E-state index contributed by atoms with van der Waals surface area (Å²) in [5, 5.41) is 5.43. The van der Waals surface area contributed by atoms with Crippen LogP contribution in [0.5, 0.6) is 0 Å². The minimum atomic E-state index is -0.194. The fourth-order valence-electron chi connectivity index (χ4n) is 2.46. The molecule has 1 aliphatic heterocycles. The van der Waals surface area contributed by atoms with Crippen LogP contribution in [0.1, 0.15) is 18.9 Å². The van der Waals surface area contributed by atoms with Gasteiger partial charge in [0, 0.05) is 11.6 Å². The van der Waals surface area contributed by atoms with E-state index in [2.05, 4.69) is 17.0 Å². The molecule has 17 heavy (non-hydrogen) atoms. The van der Waals surface area contributed by atoms with Crippen LogP contribution in [0.25, 0.3) is 10.9 Å². The van der Waals surface area contributed by atoms with Gasteiger partial charge < -0.3 is 4.90 Å². The summed E-state index contributed by atoms with van der Waals surface area (Å²) in [6.07, 6.45) is 4.20. The first-order valence-electron chi connectivity index (χ1n) is 6.05. The van der Waals surface area contributed by atoms with Crippen molar-refractivity contribution in [2.24, 2.45) is 0 Å². The minimum Gasteiger partial charge on any atom is -0.306 e. The number of nitrogens with zero attached hydrogens (tertiary/aromatic N) is 3. The van der Waals surface area contributed by atoms with Crippen LogP contribution in [-0.2, 0) is 0 Å². The molecule has 4 heteroatoms. The van der Waals surface area contributed by atoms with Crippen molar-refractivity contribution in [3.63, 3.8) is 0 Å². The highest BCUT2D eigenvalue weighted by Crippen LogP contribution is 2.23. The summed E-state index contributed by atoms with van der Waals surface area (Å²) in [4.78, 5) is 2.33. The van der Waals surface area contributed by atoms with Crippen LogP contribution in [0.4, 0.5) is 4.39 Å². The fraction of sp³-hybridized carbons (Fsp3) is 0.462. The van der Waals surface area contributed by atoms with Crippen LogP contribution >= 0.6 is 0 Å². The summed E-state index contributed by atoms with van der Waals surface area (Å²) in [5.74, 6) is -0.194. The first kappa shape index (κ1) is 10.7. The van der Waals surface area contributed by atoms with E-state index in [0.29, 0.717) is 6.04 Å². The molecular formula is C13H16FN3. The average Bonchev–Trinajstić information content (AvgIpc) is 2.72. The molecule has 0 atom stereocenters. The number of hydrogen-bond acceptors (Lipinski definition) is 2. The van der Waals surface area contributed by atoms with E-state index in [1.807, 2.05) is 10.9 Å². The van der Waals surface area contributed by atoms with Gasteiger partial charge in [-0.1, -0.05) is 0 Å². The second kappa shape index (κ2) is 4.11. The molecule has 1 aromatic carbocycles. The smallest absolute Gasteiger partial charge is 0.124 e. The Bertz CT molecular complexity index is 526. The average molecular weight is 233 g/mol. The molecule has 0 bridgehead atoms. The number of fused-ring (bicyclic) bond motifs is 1. The van der Waals surface area contributed by atoms with Crippen molar-refractivity contribution in [2.75, 3.05) is 20.1 Å². The van der Waals surface area contributed by atoms with Crippen molar-refractivity contribution < 1.29 is 4.39 Å². The molecule has 0 unspecified atom stereocenters. The maximum Gasteiger partial charge on any atom is 0.124 e. The Hall–Kier alpha value is -1.42. The van der Waals surface area contributed by atoms with Crippen molar-refractivity contribution in [2.45, 2.75) is 18.9 Å². The van der Waals surface area contributed by atoms with Crippen LogP contribution in [0, 0.1) is 5.82 Å².